The Bertz CT molecular complexity index is 1760. The first-order chi connectivity index (χ1) is 31.0. The van der Waals surface area contributed by atoms with Gasteiger partial charge < -0.3 is 66.9 Å². The lowest BCUT2D eigenvalue weighted by Gasteiger charge is -2.52. The largest absolute Gasteiger partial charge is 0.463 e. The van der Waals surface area contributed by atoms with E-state index in [2.05, 4.69) is 5.32 Å². The van der Waals surface area contributed by atoms with Crippen LogP contribution in [-0.2, 0) is 95.1 Å². The minimum absolute atomic E-state index is 0.0187. The normalized spacial score (nSPS) is 37.8. The van der Waals surface area contributed by atoms with E-state index in [0.29, 0.717) is 0 Å². The molecule has 23 heteroatoms. The van der Waals surface area contributed by atoms with Gasteiger partial charge in [-0.15, -0.1) is 11.8 Å². The molecule has 0 saturated carbocycles. The molecule has 0 aromatic heterocycles. The van der Waals surface area contributed by atoms with Crippen LogP contribution in [0, 0.1) is 35.0 Å². The highest BCUT2D eigenvalue weighted by Gasteiger charge is 2.57. The van der Waals surface area contributed by atoms with E-state index in [4.69, 9.17) is 61.6 Å². The number of nitriles is 1. The van der Waals surface area contributed by atoms with Gasteiger partial charge >= 0.3 is 35.8 Å². The van der Waals surface area contributed by atoms with E-state index in [1.807, 2.05) is 19.9 Å². The van der Waals surface area contributed by atoms with Crippen molar-refractivity contribution in [3.63, 3.8) is 0 Å². The van der Waals surface area contributed by atoms with E-state index in [0.717, 1.165) is 18.7 Å². The summed E-state index contributed by atoms with van der Waals surface area (Å²) >= 11 is 0.998. The van der Waals surface area contributed by atoms with Crippen LogP contribution in [0.2, 0.25) is 0 Å². The number of ether oxygens (including phenoxy) is 13. The minimum atomic E-state index is -1.51. The van der Waals surface area contributed by atoms with Gasteiger partial charge in [-0.3, -0.25) is 33.6 Å². The molecular formula is C43H64N2O20S. The van der Waals surface area contributed by atoms with E-state index in [1.165, 1.54) is 41.5 Å². The number of carbonyl (C=O) groups excluding carboxylic acids is 7. The molecule has 19 atom stereocenters. The summed E-state index contributed by atoms with van der Waals surface area (Å²) in [6.07, 6.45) is -15.8. The van der Waals surface area contributed by atoms with E-state index in [1.54, 1.807) is 20.8 Å². The highest BCUT2D eigenvalue weighted by Crippen LogP contribution is 2.41. The van der Waals surface area contributed by atoms with E-state index < -0.39 is 163 Å². The minimum Gasteiger partial charge on any atom is -0.463 e. The fourth-order valence-electron chi connectivity index (χ4n) is 8.27. The Hall–Kier alpha value is -4.15. The Morgan fingerprint density at radius 3 is 1.61 bits per heavy atom. The van der Waals surface area contributed by atoms with Crippen molar-refractivity contribution in [1.82, 2.24) is 5.32 Å². The van der Waals surface area contributed by atoms with Crippen molar-refractivity contribution in [1.29, 1.82) is 5.26 Å². The van der Waals surface area contributed by atoms with Gasteiger partial charge in [0.2, 0.25) is 5.91 Å². The summed E-state index contributed by atoms with van der Waals surface area (Å²) in [6.45, 7) is 16.6. The van der Waals surface area contributed by atoms with E-state index >= 15 is 0 Å². The molecule has 66 heavy (non-hydrogen) atoms. The number of thioether (sulfide) groups is 1. The predicted molar refractivity (Wildman–Crippen MR) is 224 cm³/mol. The number of amides is 1. The van der Waals surface area contributed by atoms with Gasteiger partial charge in [0.05, 0.1) is 36.7 Å². The maximum atomic E-state index is 13.1. The first-order valence-electron chi connectivity index (χ1n) is 21.8. The zero-order valence-corrected chi connectivity index (χ0v) is 40.1. The smallest absolute Gasteiger partial charge is 0.303 e. The van der Waals surface area contributed by atoms with Gasteiger partial charge in [0.1, 0.15) is 55.3 Å². The average Bonchev–Trinajstić information content (AvgIpc) is 3.21. The lowest BCUT2D eigenvalue weighted by atomic mass is 9.83. The Morgan fingerprint density at radius 1 is 0.561 bits per heavy atom. The number of nitrogens with zero attached hydrogens (tertiary/aromatic N) is 1. The van der Waals surface area contributed by atoms with Crippen LogP contribution in [0.25, 0.3) is 0 Å². The van der Waals surface area contributed by atoms with Crippen molar-refractivity contribution in [2.24, 2.45) is 23.7 Å². The lowest BCUT2D eigenvalue weighted by Crippen LogP contribution is -2.68. The molecule has 0 radical (unpaired) electrons. The lowest BCUT2D eigenvalue weighted by molar-refractivity contribution is -0.369. The summed E-state index contributed by atoms with van der Waals surface area (Å²) in [5.74, 6) is -6.66. The van der Waals surface area contributed by atoms with Crippen LogP contribution in [0.3, 0.4) is 0 Å². The van der Waals surface area contributed by atoms with Gasteiger partial charge in [-0.2, -0.15) is 5.26 Å². The molecule has 1 amide bonds. The molecule has 1 N–H and O–H groups in total. The second kappa shape index (κ2) is 24.7. The Labute approximate surface area is 388 Å². The number of hydrogen-bond acceptors (Lipinski definition) is 22. The van der Waals surface area contributed by atoms with Crippen LogP contribution in [0.15, 0.2) is 0 Å². The monoisotopic (exact) mass is 960 g/mol. The number of carbonyl (C=O) groups is 7. The van der Waals surface area contributed by atoms with Crippen LogP contribution in [-0.4, -0.2) is 159 Å². The van der Waals surface area contributed by atoms with Crippen molar-refractivity contribution in [3.05, 3.63) is 0 Å². The fourth-order valence-corrected chi connectivity index (χ4v) is 9.16. The molecule has 4 saturated heterocycles. The highest BCUT2D eigenvalue weighted by molar-refractivity contribution is 8.00. The van der Waals surface area contributed by atoms with Crippen molar-refractivity contribution in [2.75, 3.05) is 25.6 Å². The first kappa shape index (κ1) is 54.5. The molecule has 372 valence electrons. The number of hydrogen-bond donors (Lipinski definition) is 1. The van der Waals surface area contributed by atoms with Crippen LogP contribution < -0.4 is 5.32 Å². The third-order valence-electron chi connectivity index (χ3n) is 11.7. The Balaban J connectivity index is 1.91. The molecule has 4 aliphatic heterocycles. The van der Waals surface area contributed by atoms with Crippen molar-refractivity contribution in [3.8, 4) is 6.07 Å². The quantitative estimate of drug-likeness (QED) is 0.161. The molecule has 0 aromatic rings. The first-order valence-corrected chi connectivity index (χ1v) is 22.8. The van der Waals surface area contributed by atoms with Crippen molar-refractivity contribution >= 4 is 53.5 Å². The summed E-state index contributed by atoms with van der Waals surface area (Å²) in [4.78, 5) is 87.4. The third-order valence-corrected chi connectivity index (χ3v) is 12.7. The van der Waals surface area contributed by atoms with Gasteiger partial charge in [-0.05, 0) is 18.8 Å². The van der Waals surface area contributed by atoms with Gasteiger partial charge in [0.15, 0.2) is 31.1 Å². The molecule has 4 rings (SSSR count). The van der Waals surface area contributed by atoms with E-state index in [-0.39, 0.29) is 19.0 Å². The molecule has 4 fully saturated rings. The second-order valence-electron chi connectivity index (χ2n) is 17.0. The Morgan fingerprint density at radius 2 is 1.06 bits per heavy atom. The Kier molecular flexibility index (Phi) is 20.4. The number of rotatable bonds is 17. The standard InChI is InChI=1S/C43H64N2O20S/c1-18-15-55-40(38(59-28(11)51)33(18)57-26(9)49)63-35-20(3)19(2)30(16-53-24(7)47)61-41(35)65-37-32(45-23(6)46)43(66-14-13-44)62-31(17-54-25(8)48)36(37)64-42-39(60-29(12)52)34(58-27(10)50)21(4)22(5)56-42/h18-22,30-43H,14-17H2,1-12H3,(H,45,46)/t18-,19-,20?,21-,22?,30?,31?,32?,33?,34?,35?,36-,37?,38?,39+,40+,41+,42+,43+/m1/s1. The molecule has 0 aliphatic carbocycles. The van der Waals surface area contributed by atoms with Crippen molar-refractivity contribution in [2.45, 2.75) is 174 Å². The van der Waals surface area contributed by atoms with Gasteiger partial charge in [-0.1, -0.05) is 27.7 Å². The zero-order valence-electron chi connectivity index (χ0n) is 39.3. The molecule has 4 aliphatic rings. The highest BCUT2D eigenvalue weighted by atomic mass is 32.2. The van der Waals surface area contributed by atoms with Gasteiger partial charge in [0.25, 0.3) is 0 Å². The molecule has 0 bridgehead atoms. The molecule has 10 unspecified atom stereocenters. The van der Waals surface area contributed by atoms with Crippen LogP contribution in [0.1, 0.15) is 83.1 Å². The van der Waals surface area contributed by atoms with Crippen LogP contribution in [0.5, 0.6) is 0 Å². The molecule has 4 heterocycles. The van der Waals surface area contributed by atoms with Crippen LogP contribution >= 0.6 is 11.8 Å². The maximum absolute atomic E-state index is 13.1. The SMILES string of the molecule is CC(=O)NC1C(O[C@@H]2OC(COC(C)=O)[C@H](C)C(C)C2O[C@@H]2OC[C@@H](C)C(OC(C)=O)C2OC(C)=O)[C@H](O[C@@H]2OC(C)[C@@H](C)C(OC(C)=O)[C@@H]2OC(C)=O)C(COC(C)=O)O[C@H]1SCC#N. The van der Waals surface area contributed by atoms with Crippen molar-refractivity contribution < 1.29 is 95.1 Å². The third kappa shape index (κ3) is 14.7. The second-order valence-corrected chi connectivity index (χ2v) is 18.0. The van der Waals surface area contributed by atoms with Crippen LogP contribution in [0.4, 0.5) is 0 Å². The van der Waals surface area contributed by atoms with Gasteiger partial charge in [0, 0.05) is 60.3 Å². The van der Waals surface area contributed by atoms with Gasteiger partial charge in [-0.25, -0.2) is 0 Å². The summed E-state index contributed by atoms with van der Waals surface area (Å²) in [7, 11) is 0. The molecule has 0 spiro atoms. The molecule has 22 nitrogen and oxygen atoms in total. The average molecular weight is 961 g/mol. The molecule has 0 aromatic carbocycles. The number of nitrogens with one attached hydrogen (secondary N) is 1. The summed E-state index contributed by atoms with van der Waals surface area (Å²) in [5.41, 5.74) is -1.08. The van der Waals surface area contributed by atoms with E-state index in [9.17, 15) is 38.8 Å². The fraction of sp³-hybridized carbons (Fsp3) is 0.814. The predicted octanol–water partition coefficient (Wildman–Crippen LogP) is 1.85. The summed E-state index contributed by atoms with van der Waals surface area (Å²) in [6, 6.07) is 0.846. The number of esters is 6. The maximum Gasteiger partial charge on any atom is 0.303 e. The molecular weight excluding hydrogens is 897 g/mol. The topological polar surface area (TPSA) is 275 Å². The summed E-state index contributed by atoms with van der Waals surface area (Å²) in [5, 5.41) is 12.5. The zero-order chi connectivity index (χ0) is 49.2. The summed E-state index contributed by atoms with van der Waals surface area (Å²) < 4.78 is 79.6.